The molecule has 0 aromatic rings. The van der Waals surface area contributed by atoms with Crippen molar-refractivity contribution >= 4 is 5.97 Å². The minimum Gasteiger partial charge on any atom is -0.469 e. The van der Waals surface area contributed by atoms with Gasteiger partial charge in [-0.3, -0.25) is 4.79 Å². The molecular formula is C11H23NO3. The predicted molar refractivity (Wildman–Crippen MR) is 59.6 cm³/mol. The van der Waals surface area contributed by atoms with Gasteiger partial charge in [0.25, 0.3) is 0 Å². The van der Waals surface area contributed by atoms with Gasteiger partial charge in [-0.25, -0.2) is 0 Å². The Morgan fingerprint density at radius 3 is 2.67 bits per heavy atom. The number of esters is 1. The summed E-state index contributed by atoms with van der Waals surface area (Å²) in [5, 5.41) is 13.0. The van der Waals surface area contributed by atoms with Crippen LogP contribution in [0.2, 0.25) is 0 Å². The molecule has 0 saturated carbocycles. The molecule has 0 rings (SSSR count). The van der Waals surface area contributed by atoms with Crippen molar-refractivity contribution in [2.75, 3.05) is 13.7 Å². The maximum absolute atomic E-state index is 10.9. The molecule has 0 aromatic carbocycles. The van der Waals surface area contributed by atoms with Crippen LogP contribution in [0.1, 0.15) is 40.0 Å². The molecule has 15 heavy (non-hydrogen) atoms. The average molecular weight is 217 g/mol. The average Bonchev–Trinajstić information content (AvgIpc) is 2.15. The van der Waals surface area contributed by atoms with Crippen LogP contribution in [0.25, 0.3) is 0 Å². The van der Waals surface area contributed by atoms with Gasteiger partial charge in [0.15, 0.2) is 0 Å². The summed E-state index contributed by atoms with van der Waals surface area (Å²) in [5.41, 5.74) is -0.695. The zero-order valence-electron chi connectivity index (χ0n) is 10.2. The van der Waals surface area contributed by atoms with Crippen molar-refractivity contribution < 1.29 is 14.6 Å². The SMILES string of the molecule is CCCC(C)(O)CNC(C)CC(=O)OC. The Hall–Kier alpha value is -0.610. The summed E-state index contributed by atoms with van der Waals surface area (Å²) >= 11 is 0. The van der Waals surface area contributed by atoms with Crippen LogP contribution >= 0.6 is 0 Å². The van der Waals surface area contributed by atoms with Crippen molar-refractivity contribution in [2.24, 2.45) is 0 Å². The zero-order valence-corrected chi connectivity index (χ0v) is 10.2. The molecule has 4 heteroatoms. The van der Waals surface area contributed by atoms with E-state index in [4.69, 9.17) is 0 Å². The molecule has 0 saturated heterocycles. The minimum atomic E-state index is -0.695. The first-order valence-corrected chi connectivity index (χ1v) is 5.44. The van der Waals surface area contributed by atoms with E-state index in [0.717, 1.165) is 12.8 Å². The molecule has 0 aromatic heterocycles. The van der Waals surface area contributed by atoms with Crippen molar-refractivity contribution in [3.05, 3.63) is 0 Å². The number of aliphatic hydroxyl groups is 1. The molecule has 0 fully saturated rings. The molecular weight excluding hydrogens is 194 g/mol. The molecule has 0 aliphatic carbocycles. The van der Waals surface area contributed by atoms with Crippen molar-refractivity contribution in [1.82, 2.24) is 5.32 Å². The van der Waals surface area contributed by atoms with Gasteiger partial charge in [-0.05, 0) is 20.3 Å². The van der Waals surface area contributed by atoms with Crippen LogP contribution in [-0.2, 0) is 9.53 Å². The third-order valence-corrected chi connectivity index (χ3v) is 2.32. The lowest BCUT2D eigenvalue weighted by Gasteiger charge is -2.25. The molecule has 0 aliphatic heterocycles. The lowest BCUT2D eigenvalue weighted by atomic mass is 10.0. The molecule has 0 spiro atoms. The molecule has 0 amide bonds. The van der Waals surface area contributed by atoms with Crippen LogP contribution in [0.3, 0.4) is 0 Å². The van der Waals surface area contributed by atoms with Gasteiger partial charge < -0.3 is 15.2 Å². The highest BCUT2D eigenvalue weighted by Gasteiger charge is 2.20. The van der Waals surface area contributed by atoms with Crippen LogP contribution < -0.4 is 5.32 Å². The zero-order chi connectivity index (χ0) is 11.9. The number of carbonyl (C=O) groups is 1. The fraction of sp³-hybridized carbons (Fsp3) is 0.909. The van der Waals surface area contributed by atoms with Gasteiger partial charge in [-0.2, -0.15) is 0 Å². The summed E-state index contributed by atoms with van der Waals surface area (Å²) in [4.78, 5) is 10.9. The van der Waals surface area contributed by atoms with Crippen molar-refractivity contribution in [2.45, 2.75) is 51.7 Å². The van der Waals surface area contributed by atoms with Crippen molar-refractivity contribution in [3.63, 3.8) is 0 Å². The fourth-order valence-corrected chi connectivity index (χ4v) is 1.43. The van der Waals surface area contributed by atoms with Crippen molar-refractivity contribution in [1.29, 1.82) is 0 Å². The van der Waals surface area contributed by atoms with Gasteiger partial charge in [0.05, 0.1) is 19.1 Å². The predicted octanol–water partition coefficient (Wildman–Crippen LogP) is 1.08. The number of hydrogen-bond donors (Lipinski definition) is 2. The van der Waals surface area contributed by atoms with Gasteiger partial charge in [0.1, 0.15) is 0 Å². The maximum Gasteiger partial charge on any atom is 0.307 e. The van der Waals surface area contributed by atoms with E-state index in [1.165, 1.54) is 7.11 Å². The summed E-state index contributed by atoms with van der Waals surface area (Å²) in [5.74, 6) is -0.231. The molecule has 4 nitrogen and oxygen atoms in total. The van der Waals surface area contributed by atoms with E-state index in [1.807, 2.05) is 13.8 Å². The minimum absolute atomic E-state index is 0.0285. The third-order valence-electron chi connectivity index (χ3n) is 2.32. The van der Waals surface area contributed by atoms with E-state index in [0.29, 0.717) is 13.0 Å². The van der Waals surface area contributed by atoms with E-state index in [9.17, 15) is 9.90 Å². The lowest BCUT2D eigenvalue weighted by Crippen LogP contribution is -2.42. The number of nitrogens with one attached hydrogen (secondary N) is 1. The lowest BCUT2D eigenvalue weighted by molar-refractivity contribution is -0.141. The number of hydrogen-bond acceptors (Lipinski definition) is 4. The molecule has 90 valence electrons. The highest BCUT2D eigenvalue weighted by Crippen LogP contribution is 2.10. The third kappa shape index (κ3) is 7.33. The van der Waals surface area contributed by atoms with Gasteiger partial charge in [-0.15, -0.1) is 0 Å². The molecule has 0 radical (unpaired) electrons. The molecule has 0 heterocycles. The molecule has 2 unspecified atom stereocenters. The summed E-state index contributed by atoms with van der Waals surface area (Å²) in [6.07, 6.45) is 2.03. The fourth-order valence-electron chi connectivity index (χ4n) is 1.43. The quantitative estimate of drug-likeness (QED) is 0.626. The topological polar surface area (TPSA) is 58.6 Å². The molecule has 2 atom stereocenters. The maximum atomic E-state index is 10.9. The number of methoxy groups -OCH3 is 1. The van der Waals surface area contributed by atoms with Crippen molar-refractivity contribution in [3.8, 4) is 0 Å². The normalized spacial score (nSPS) is 16.9. The smallest absolute Gasteiger partial charge is 0.307 e. The van der Waals surface area contributed by atoms with Crippen LogP contribution in [0.4, 0.5) is 0 Å². The second kappa shape index (κ2) is 6.80. The summed E-state index contributed by atoms with van der Waals surface area (Å²) in [6.45, 7) is 6.23. The Labute approximate surface area is 92.0 Å². The van der Waals surface area contributed by atoms with Gasteiger partial charge in [0.2, 0.25) is 0 Å². The standard InChI is InChI=1S/C11H23NO3/c1-5-6-11(3,14)8-12-9(2)7-10(13)15-4/h9,12,14H,5-8H2,1-4H3. The monoisotopic (exact) mass is 217 g/mol. The van der Waals surface area contributed by atoms with Gasteiger partial charge >= 0.3 is 5.97 Å². The Morgan fingerprint density at radius 2 is 2.20 bits per heavy atom. The van der Waals surface area contributed by atoms with E-state index in [1.54, 1.807) is 6.92 Å². The highest BCUT2D eigenvalue weighted by atomic mass is 16.5. The second-order valence-corrected chi connectivity index (χ2v) is 4.31. The molecule has 2 N–H and O–H groups in total. The van der Waals surface area contributed by atoms with Crippen LogP contribution in [0.15, 0.2) is 0 Å². The molecule has 0 aliphatic rings. The van der Waals surface area contributed by atoms with Gasteiger partial charge in [-0.1, -0.05) is 13.3 Å². The number of rotatable bonds is 7. The Balaban J connectivity index is 3.79. The van der Waals surface area contributed by atoms with E-state index in [2.05, 4.69) is 10.1 Å². The molecule has 0 bridgehead atoms. The van der Waals surface area contributed by atoms with E-state index >= 15 is 0 Å². The number of carbonyl (C=O) groups excluding carboxylic acids is 1. The van der Waals surface area contributed by atoms with Crippen LogP contribution in [0.5, 0.6) is 0 Å². The Bertz CT molecular complexity index is 192. The Morgan fingerprint density at radius 1 is 1.60 bits per heavy atom. The second-order valence-electron chi connectivity index (χ2n) is 4.31. The van der Waals surface area contributed by atoms with Crippen LogP contribution in [-0.4, -0.2) is 36.4 Å². The van der Waals surface area contributed by atoms with E-state index < -0.39 is 5.60 Å². The first kappa shape index (κ1) is 14.4. The van der Waals surface area contributed by atoms with E-state index in [-0.39, 0.29) is 12.0 Å². The summed E-state index contributed by atoms with van der Waals surface area (Å²) in [6, 6.07) is 0.0285. The Kier molecular flexibility index (Phi) is 6.52. The first-order chi connectivity index (χ1) is 6.91. The summed E-state index contributed by atoms with van der Waals surface area (Å²) in [7, 11) is 1.38. The van der Waals surface area contributed by atoms with Crippen LogP contribution in [0, 0.1) is 0 Å². The largest absolute Gasteiger partial charge is 0.469 e. The van der Waals surface area contributed by atoms with Gasteiger partial charge in [0, 0.05) is 12.6 Å². The summed E-state index contributed by atoms with van der Waals surface area (Å²) < 4.78 is 4.56. The highest BCUT2D eigenvalue weighted by molar-refractivity contribution is 5.69. The number of ether oxygens (including phenoxy) is 1. The first-order valence-electron chi connectivity index (χ1n) is 5.44.